The lowest BCUT2D eigenvalue weighted by molar-refractivity contribution is -0.130. The molecule has 1 amide bonds. The highest BCUT2D eigenvalue weighted by Gasteiger charge is 2.33. The molecule has 3 aromatic rings. The Morgan fingerprint density at radius 3 is 2.88 bits per heavy atom. The Labute approximate surface area is 159 Å². The van der Waals surface area contributed by atoms with Gasteiger partial charge in [0.1, 0.15) is 16.4 Å². The van der Waals surface area contributed by atoms with Crippen LogP contribution in [0.1, 0.15) is 29.8 Å². The maximum Gasteiger partial charge on any atom is 0.240 e. The molecule has 0 radical (unpaired) electrons. The van der Waals surface area contributed by atoms with Crippen molar-refractivity contribution in [1.82, 2.24) is 9.99 Å². The standard InChI is InChI=1S/C19H16ClN3O2S/c1-11(24)23-15(10-14(22-23)17-7-4-8-26-17)13-9-12-5-3-6-16(25-2)18(12)21-19(13)20/h3-9,15H,10H2,1-2H3/t15-/m0/s1. The van der Waals surface area contributed by atoms with Crippen LogP contribution in [0.2, 0.25) is 5.15 Å². The van der Waals surface area contributed by atoms with E-state index in [9.17, 15) is 4.79 Å². The highest BCUT2D eigenvalue weighted by molar-refractivity contribution is 7.12. The molecule has 0 saturated heterocycles. The van der Waals surface area contributed by atoms with Crippen LogP contribution in [0.3, 0.4) is 0 Å². The second-order valence-corrected chi connectivity index (χ2v) is 7.31. The molecule has 132 valence electrons. The molecule has 3 heterocycles. The number of hydrogen-bond donors (Lipinski definition) is 0. The zero-order valence-corrected chi connectivity index (χ0v) is 15.8. The molecule has 0 saturated carbocycles. The lowest BCUT2D eigenvalue weighted by Gasteiger charge is -2.21. The normalized spacial score (nSPS) is 16.8. The molecule has 1 atom stereocenters. The van der Waals surface area contributed by atoms with Crippen molar-refractivity contribution in [3.63, 3.8) is 0 Å². The first-order valence-electron chi connectivity index (χ1n) is 8.13. The molecular weight excluding hydrogens is 370 g/mol. The topological polar surface area (TPSA) is 54.8 Å². The first-order chi connectivity index (χ1) is 12.6. The van der Waals surface area contributed by atoms with Gasteiger partial charge in [0.2, 0.25) is 5.91 Å². The molecule has 0 unspecified atom stereocenters. The Kier molecular flexibility index (Phi) is 4.38. The first-order valence-corrected chi connectivity index (χ1v) is 9.38. The van der Waals surface area contributed by atoms with Gasteiger partial charge in [-0.2, -0.15) is 5.10 Å². The smallest absolute Gasteiger partial charge is 0.240 e. The summed E-state index contributed by atoms with van der Waals surface area (Å²) < 4.78 is 5.37. The first kappa shape index (κ1) is 17.0. The molecule has 0 spiro atoms. The Balaban J connectivity index is 1.79. The van der Waals surface area contributed by atoms with E-state index in [4.69, 9.17) is 16.3 Å². The van der Waals surface area contributed by atoms with Crippen LogP contribution in [-0.2, 0) is 4.79 Å². The zero-order valence-electron chi connectivity index (χ0n) is 14.3. The highest BCUT2D eigenvalue weighted by atomic mass is 35.5. The molecule has 0 N–H and O–H groups in total. The summed E-state index contributed by atoms with van der Waals surface area (Å²) in [6, 6.07) is 11.4. The third kappa shape index (κ3) is 2.85. The number of pyridine rings is 1. The summed E-state index contributed by atoms with van der Waals surface area (Å²) in [5.74, 6) is 0.546. The Morgan fingerprint density at radius 2 is 2.19 bits per heavy atom. The predicted octanol–water partition coefficient (Wildman–Crippen LogP) is 4.66. The molecular formula is C19H16ClN3O2S. The molecule has 1 aliphatic heterocycles. The van der Waals surface area contributed by atoms with Crippen molar-refractivity contribution in [3.05, 3.63) is 57.4 Å². The van der Waals surface area contributed by atoms with E-state index >= 15 is 0 Å². The van der Waals surface area contributed by atoms with Crippen molar-refractivity contribution in [1.29, 1.82) is 0 Å². The van der Waals surface area contributed by atoms with Crippen LogP contribution < -0.4 is 4.74 Å². The quantitative estimate of drug-likeness (QED) is 0.616. The van der Waals surface area contributed by atoms with Crippen LogP contribution in [0, 0.1) is 0 Å². The number of carbonyl (C=O) groups is 1. The van der Waals surface area contributed by atoms with Crippen LogP contribution in [0.5, 0.6) is 5.75 Å². The summed E-state index contributed by atoms with van der Waals surface area (Å²) in [7, 11) is 1.61. The Morgan fingerprint density at radius 1 is 1.35 bits per heavy atom. The number of fused-ring (bicyclic) bond motifs is 1. The summed E-state index contributed by atoms with van der Waals surface area (Å²) in [5.41, 5.74) is 2.38. The van der Waals surface area contributed by atoms with Gasteiger partial charge in [-0.25, -0.2) is 9.99 Å². The van der Waals surface area contributed by atoms with Gasteiger partial charge in [0.15, 0.2) is 0 Å². The predicted molar refractivity (Wildman–Crippen MR) is 104 cm³/mol. The number of aromatic nitrogens is 1. The molecule has 7 heteroatoms. The molecule has 2 aromatic heterocycles. The van der Waals surface area contributed by atoms with Crippen molar-refractivity contribution < 1.29 is 9.53 Å². The van der Waals surface area contributed by atoms with Gasteiger partial charge >= 0.3 is 0 Å². The number of carbonyl (C=O) groups excluding carboxylic acids is 1. The van der Waals surface area contributed by atoms with E-state index in [0.717, 1.165) is 21.5 Å². The van der Waals surface area contributed by atoms with Crippen LogP contribution in [0.25, 0.3) is 10.9 Å². The van der Waals surface area contributed by atoms with Gasteiger partial charge in [0.25, 0.3) is 0 Å². The summed E-state index contributed by atoms with van der Waals surface area (Å²) >= 11 is 8.11. The van der Waals surface area contributed by atoms with Crippen molar-refractivity contribution >= 4 is 45.5 Å². The second-order valence-electron chi connectivity index (χ2n) is 6.01. The van der Waals surface area contributed by atoms with E-state index in [1.165, 1.54) is 11.9 Å². The molecule has 26 heavy (non-hydrogen) atoms. The molecule has 0 fully saturated rings. The largest absolute Gasteiger partial charge is 0.494 e. The number of para-hydroxylation sites is 1. The number of thiophene rings is 1. The number of hydrazone groups is 1. The third-order valence-electron chi connectivity index (χ3n) is 4.41. The van der Waals surface area contributed by atoms with E-state index in [1.807, 2.05) is 41.8 Å². The maximum absolute atomic E-state index is 12.2. The van der Waals surface area contributed by atoms with Gasteiger partial charge in [-0.05, 0) is 23.6 Å². The van der Waals surface area contributed by atoms with Crippen molar-refractivity contribution in [2.45, 2.75) is 19.4 Å². The van der Waals surface area contributed by atoms with Gasteiger partial charge in [0.05, 0.1) is 23.7 Å². The fourth-order valence-corrected chi connectivity index (χ4v) is 4.18. The van der Waals surface area contributed by atoms with Gasteiger partial charge in [-0.15, -0.1) is 11.3 Å². The fourth-order valence-electron chi connectivity index (χ4n) is 3.20. The van der Waals surface area contributed by atoms with Crippen molar-refractivity contribution in [3.8, 4) is 5.75 Å². The van der Waals surface area contributed by atoms with Gasteiger partial charge in [-0.1, -0.05) is 29.8 Å². The van der Waals surface area contributed by atoms with Crippen LogP contribution >= 0.6 is 22.9 Å². The van der Waals surface area contributed by atoms with E-state index < -0.39 is 0 Å². The third-order valence-corrected chi connectivity index (χ3v) is 5.63. The molecule has 5 nitrogen and oxygen atoms in total. The average Bonchev–Trinajstić information content (AvgIpc) is 3.30. The van der Waals surface area contributed by atoms with E-state index in [0.29, 0.717) is 22.8 Å². The number of methoxy groups -OCH3 is 1. The van der Waals surface area contributed by atoms with E-state index in [-0.39, 0.29) is 11.9 Å². The second kappa shape index (κ2) is 6.70. The van der Waals surface area contributed by atoms with E-state index in [2.05, 4.69) is 10.1 Å². The SMILES string of the molecule is COc1cccc2cc([C@@H]3CC(c4cccs4)=NN3C(C)=O)c(Cl)nc12. The summed E-state index contributed by atoms with van der Waals surface area (Å²) in [4.78, 5) is 17.7. The maximum atomic E-state index is 12.2. The zero-order chi connectivity index (χ0) is 18.3. The van der Waals surface area contributed by atoms with Crippen molar-refractivity contribution in [2.24, 2.45) is 5.10 Å². The van der Waals surface area contributed by atoms with Gasteiger partial charge in [0, 0.05) is 24.3 Å². The highest BCUT2D eigenvalue weighted by Crippen LogP contribution is 2.38. The monoisotopic (exact) mass is 385 g/mol. The van der Waals surface area contributed by atoms with Crippen molar-refractivity contribution in [2.75, 3.05) is 7.11 Å². The Bertz CT molecular complexity index is 1020. The summed E-state index contributed by atoms with van der Waals surface area (Å²) in [5, 5.41) is 9.32. The number of hydrogen-bond acceptors (Lipinski definition) is 5. The molecule has 1 aromatic carbocycles. The molecule has 1 aliphatic rings. The van der Waals surface area contributed by atoms with Gasteiger partial charge < -0.3 is 4.74 Å². The number of nitrogens with zero attached hydrogens (tertiary/aromatic N) is 3. The minimum Gasteiger partial charge on any atom is -0.494 e. The number of benzene rings is 1. The molecule has 0 aliphatic carbocycles. The van der Waals surface area contributed by atoms with E-state index in [1.54, 1.807) is 18.4 Å². The molecule has 4 rings (SSSR count). The summed E-state index contributed by atoms with van der Waals surface area (Å²) in [6.45, 7) is 1.51. The minimum absolute atomic E-state index is 0.122. The summed E-state index contributed by atoms with van der Waals surface area (Å²) in [6.07, 6.45) is 0.608. The van der Waals surface area contributed by atoms with Crippen LogP contribution in [0.15, 0.2) is 46.9 Å². The number of amides is 1. The van der Waals surface area contributed by atoms with Gasteiger partial charge in [-0.3, -0.25) is 4.79 Å². The number of ether oxygens (including phenoxy) is 1. The fraction of sp³-hybridized carbons (Fsp3) is 0.211. The molecule has 0 bridgehead atoms. The average molecular weight is 386 g/mol. The van der Waals surface area contributed by atoms with Crippen LogP contribution in [0.4, 0.5) is 0 Å². The lowest BCUT2D eigenvalue weighted by atomic mass is 10.0. The number of rotatable bonds is 3. The Hall–Kier alpha value is -2.44. The number of halogens is 1. The lowest BCUT2D eigenvalue weighted by Crippen LogP contribution is -2.24. The van der Waals surface area contributed by atoms with Crippen LogP contribution in [-0.4, -0.2) is 28.7 Å². The minimum atomic E-state index is -0.264.